The van der Waals surface area contributed by atoms with E-state index in [4.69, 9.17) is 17.3 Å². The molecule has 1 aromatic carbocycles. The van der Waals surface area contributed by atoms with Gasteiger partial charge in [-0.15, -0.1) is 0 Å². The molecule has 2 unspecified atom stereocenters. The maximum Gasteiger partial charge on any atom is 0.237 e. The normalized spacial score (nSPS) is 24.0. The molecule has 0 radical (unpaired) electrons. The zero-order chi connectivity index (χ0) is 15.0. The van der Waals surface area contributed by atoms with Crippen molar-refractivity contribution in [2.75, 3.05) is 11.4 Å². The molecule has 1 aliphatic carbocycles. The van der Waals surface area contributed by atoms with E-state index in [1.807, 2.05) is 0 Å². The van der Waals surface area contributed by atoms with Gasteiger partial charge >= 0.3 is 0 Å². The first-order chi connectivity index (χ1) is 10.1. The molecule has 1 saturated carbocycles. The molecule has 108 valence electrons. The topological polar surface area (TPSA) is 63.4 Å². The summed E-state index contributed by atoms with van der Waals surface area (Å²) in [7, 11) is 0. The maximum absolute atomic E-state index is 12.5. The van der Waals surface area contributed by atoms with Crippen molar-refractivity contribution in [2.45, 2.75) is 19.3 Å². The Hall–Kier alpha value is -1.83. The van der Waals surface area contributed by atoms with Crippen LogP contribution in [0.1, 0.15) is 24.8 Å². The highest BCUT2D eigenvalue weighted by Gasteiger charge is 2.50. The molecule has 1 saturated heterocycles. The zero-order valence-corrected chi connectivity index (χ0v) is 12.2. The van der Waals surface area contributed by atoms with Crippen molar-refractivity contribution in [3.63, 3.8) is 0 Å². The Balaban J connectivity index is 2.06. The van der Waals surface area contributed by atoms with Crippen molar-refractivity contribution >= 4 is 29.1 Å². The standard InChI is InChI=1S/C16H15ClN2O2/c17-11-7-6-10(3-2-8-18)14(9-11)19-15(20)12-4-1-5-13(12)16(19)21/h6-7,9,12-13H,1,4-5,8,18H2. The van der Waals surface area contributed by atoms with E-state index in [1.54, 1.807) is 18.2 Å². The van der Waals surface area contributed by atoms with Gasteiger partial charge in [-0.25, -0.2) is 4.90 Å². The number of carbonyl (C=O) groups excluding carboxylic acids is 2. The number of fused-ring (bicyclic) bond motifs is 1. The van der Waals surface area contributed by atoms with Crippen LogP contribution < -0.4 is 10.6 Å². The van der Waals surface area contributed by atoms with Gasteiger partial charge in [0.1, 0.15) is 0 Å². The Bertz CT molecular complexity index is 653. The number of rotatable bonds is 1. The Labute approximate surface area is 128 Å². The van der Waals surface area contributed by atoms with Crippen LogP contribution in [-0.2, 0) is 9.59 Å². The van der Waals surface area contributed by atoms with Crippen LogP contribution >= 0.6 is 11.6 Å². The van der Waals surface area contributed by atoms with E-state index in [1.165, 1.54) is 4.90 Å². The van der Waals surface area contributed by atoms with Gasteiger partial charge in [0.15, 0.2) is 0 Å². The molecule has 21 heavy (non-hydrogen) atoms. The number of hydrogen-bond donors (Lipinski definition) is 1. The lowest BCUT2D eigenvalue weighted by Crippen LogP contribution is -2.32. The second-order valence-electron chi connectivity index (χ2n) is 5.32. The first-order valence-corrected chi connectivity index (χ1v) is 7.37. The highest BCUT2D eigenvalue weighted by atomic mass is 35.5. The van der Waals surface area contributed by atoms with Crippen LogP contribution in [0.25, 0.3) is 0 Å². The highest BCUT2D eigenvalue weighted by molar-refractivity contribution is 6.31. The Morgan fingerprint density at radius 3 is 2.52 bits per heavy atom. The maximum atomic E-state index is 12.5. The molecule has 3 rings (SSSR count). The van der Waals surface area contributed by atoms with Crippen molar-refractivity contribution in [1.29, 1.82) is 0 Å². The van der Waals surface area contributed by atoms with Gasteiger partial charge in [-0.1, -0.05) is 29.9 Å². The van der Waals surface area contributed by atoms with Gasteiger partial charge in [0.2, 0.25) is 11.8 Å². The van der Waals surface area contributed by atoms with Crippen LogP contribution in [-0.4, -0.2) is 18.4 Å². The lowest BCUT2D eigenvalue weighted by atomic mass is 10.00. The first-order valence-electron chi connectivity index (χ1n) is 7.00. The molecule has 2 fully saturated rings. The van der Waals surface area contributed by atoms with Crippen molar-refractivity contribution in [1.82, 2.24) is 0 Å². The second-order valence-corrected chi connectivity index (χ2v) is 5.76. The highest BCUT2D eigenvalue weighted by Crippen LogP contribution is 2.42. The fourth-order valence-electron chi connectivity index (χ4n) is 3.17. The fraction of sp³-hybridized carbons (Fsp3) is 0.375. The Kier molecular flexibility index (Phi) is 3.71. The van der Waals surface area contributed by atoms with E-state index in [2.05, 4.69) is 11.8 Å². The number of imide groups is 1. The van der Waals surface area contributed by atoms with Gasteiger partial charge < -0.3 is 5.73 Å². The molecule has 5 heteroatoms. The summed E-state index contributed by atoms with van der Waals surface area (Å²) in [5.41, 5.74) is 6.47. The van der Waals surface area contributed by atoms with Crippen molar-refractivity contribution < 1.29 is 9.59 Å². The number of nitrogens with two attached hydrogens (primary N) is 1. The summed E-state index contributed by atoms with van der Waals surface area (Å²) in [5, 5.41) is 0.473. The average Bonchev–Trinajstić information content (AvgIpc) is 3.03. The number of carbonyl (C=O) groups is 2. The molecular formula is C16H15ClN2O2. The molecule has 2 atom stereocenters. The van der Waals surface area contributed by atoms with Crippen LogP contribution in [0.2, 0.25) is 5.02 Å². The number of amides is 2. The lowest BCUT2D eigenvalue weighted by molar-refractivity contribution is -0.122. The smallest absolute Gasteiger partial charge is 0.237 e. The van der Waals surface area contributed by atoms with Gasteiger partial charge in [-0.2, -0.15) is 0 Å². The molecule has 0 spiro atoms. The van der Waals surface area contributed by atoms with Crippen LogP contribution in [0, 0.1) is 23.7 Å². The number of nitrogens with zero attached hydrogens (tertiary/aromatic N) is 1. The lowest BCUT2D eigenvalue weighted by Gasteiger charge is -2.18. The summed E-state index contributed by atoms with van der Waals surface area (Å²) in [6, 6.07) is 5.03. The molecule has 1 aliphatic heterocycles. The number of benzene rings is 1. The molecule has 4 nitrogen and oxygen atoms in total. The number of hydrogen-bond acceptors (Lipinski definition) is 3. The minimum atomic E-state index is -0.174. The number of halogens is 1. The molecule has 0 bridgehead atoms. The molecule has 2 N–H and O–H groups in total. The minimum absolute atomic E-state index is 0.124. The third kappa shape index (κ3) is 2.33. The van der Waals surface area contributed by atoms with E-state index in [0.29, 0.717) is 16.3 Å². The summed E-state index contributed by atoms with van der Waals surface area (Å²) in [6.45, 7) is 0.217. The number of anilines is 1. The van der Waals surface area contributed by atoms with E-state index >= 15 is 0 Å². The summed E-state index contributed by atoms with van der Waals surface area (Å²) in [4.78, 5) is 26.3. The van der Waals surface area contributed by atoms with Gasteiger partial charge in [0.05, 0.1) is 24.1 Å². The molecule has 2 aliphatic rings. The van der Waals surface area contributed by atoms with E-state index in [-0.39, 0.29) is 30.2 Å². The van der Waals surface area contributed by atoms with Crippen molar-refractivity contribution in [2.24, 2.45) is 17.6 Å². The van der Waals surface area contributed by atoms with Crippen LogP contribution in [0.4, 0.5) is 5.69 Å². The SMILES string of the molecule is NCC#Cc1ccc(Cl)cc1N1C(=O)C2CCCC2C1=O. The second kappa shape index (κ2) is 5.51. The fourth-order valence-corrected chi connectivity index (χ4v) is 3.34. The van der Waals surface area contributed by atoms with Crippen LogP contribution in [0.3, 0.4) is 0 Å². The van der Waals surface area contributed by atoms with Gasteiger partial charge in [0, 0.05) is 10.6 Å². The molecular weight excluding hydrogens is 288 g/mol. The summed E-state index contributed by atoms with van der Waals surface area (Å²) in [6.07, 6.45) is 2.52. The summed E-state index contributed by atoms with van der Waals surface area (Å²) < 4.78 is 0. The van der Waals surface area contributed by atoms with Gasteiger partial charge in [-0.3, -0.25) is 9.59 Å². The van der Waals surface area contributed by atoms with E-state index in [0.717, 1.165) is 19.3 Å². The summed E-state index contributed by atoms with van der Waals surface area (Å²) >= 11 is 6.02. The first kappa shape index (κ1) is 14.1. The largest absolute Gasteiger partial charge is 0.320 e. The monoisotopic (exact) mass is 302 g/mol. The van der Waals surface area contributed by atoms with E-state index in [9.17, 15) is 9.59 Å². The third-order valence-corrected chi connectivity index (χ3v) is 4.35. The van der Waals surface area contributed by atoms with Crippen LogP contribution in [0.5, 0.6) is 0 Å². The quantitative estimate of drug-likeness (QED) is 0.637. The predicted octanol–water partition coefficient (Wildman–Crippen LogP) is 1.94. The van der Waals surface area contributed by atoms with Crippen molar-refractivity contribution in [3.8, 4) is 11.8 Å². The Morgan fingerprint density at radius 1 is 1.24 bits per heavy atom. The zero-order valence-electron chi connectivity index (χ0n) is 11.4. The van der Waals surface area contributed by atoms with E-state index < -0.39 is 0 Å². The molecule has 2 amide bonds. The molecule has 0 aromatic heterocycles. The third-order valence-electron chi connectivity index (χ3n) is 4.12. The minimum Gasteiger partial charge on any atom is -0.320 e. The van der Waals surface area contributed by atoms with Gasteiger partial charge in [0.25, 0.3) is 0 Å². The van der Waals surface area contributed by atoms with Crippen LogP contribution in [0.15, 0.2) is 18.2 Å². The molecule has 1 heterocycles. The molecule has 1 aromatic rings. The predicted molar refractivity (Wildman–Crippen MR) is 80.7 cm³/mol. The van der Waals surface area contributed by atoms with Crippen molar-refractivity contribution in [3.05, 3.63) is 28.8 Å². The average molecular weight is 303 g/mol. The van der Waals surface area contributed by atoms with Gasteiger partial charge in [-0.05, 0) is 31.0 Å². The Morgan fingerprint density at radius 2 is 1.90 bits per heavy atom. The summed E-state index contributed by atoms with van der Waals surface area (Å²) in [5.74, 6) is 5.06.